The Kier molecular flexibility index (Phi) is 10.8. The first kappa shape index (κ1) is 38.7. The van der Waals surface area contributed by atoms with Gasteiger partial charge in [-0.05, 0) is 55.5 Å². The Labute approximate surface area is 308 Å². The van der Waals surface area contributed by atoms with E-state index in [1.165, 1.54) is 30.6 Å². The summed E-state index contributed by atoms with van der Waals surface area (Å²) in [4.78, 5) is 32.2. The molecule has 0 spiro atoms. The van der Waals surface area contributed by atoms with Gasteiger partial charge in [-0.25, -0.2) is 19.0 Å². The second kappa shape index (κ2) is 14.5. The summed E-state index contributed by atoms with van der Waals surface area (Å²) < 4.78 is 89.8. The number of esters is 1. The lowest BCUT2D eigenvalue weighted by Gasteiger charge is -2.29. The maximum atomic E-state index is 13.9. The van der Waals surface area contributed by atoms with E-state index in [2.05, 4.69) is 20.5 Å². The van der Waals surface area contributed by atoms with Gasteiger partial charge in [0.25, 0.3) is 11.2 Å². The molecule has 4 aromatic rings. The van der Waals surface area contributed by atoms with E-state index < -0.39 is 48.3 Å². The smallest absolute Gasteiger partial charge is 0.435 e. The van der Waals surface area contributed by atoms with E-state index in [4.69, 9.17) is 65.9 Å². The predicted octanol–water partition coefficient (Wildman–Crippen LogP) is 8.33. The van der Waals surface area contributed by atoms with Crippen molar-refractivity contribution in [1.82, 2.24) is 19.6 Å². The van der Waals surface area contributed by atoms with Crippen molar-refractivity contribution in [2.75, 3.05) is 6.61 Å². The first-order valence-corrected chi connectivity index (χ1v) is 15.9. The number of carboxylic acids is 1. The summed E-state index contributed by atoms with van der Waals surface area (Å²) in [6.45, 7) is 1.76. The van der Waals surface area contributed by atoms with Crippen molar-refractivity contribution in [3.05, 3.63) is 104 Å². The first-order valence-electron chi connectivity index (χ1n) is 14.4. The molecule has 2 atom stereocenters. The monoisotopic (exact) mass is 814 g/mol. The number of hydrogen-bond acceptors (Lipinski definition) is 9. The third-order valence-corrected chi connectivity index (χ3v) is 8.29. The van der Waals surface area contributed by atoms with Crippen molar-refractivity contribution >= 4 is 70.0 Å². The normalized spacial score (nSPS) is 19.9. The number of carboxylic acid groups (broad SMARTS) is 1. The molecule has 0 bridgehead atoms. The van der Waals surface area contributed by atoms with Gasteiger partial charge in [0, 0.05) is 43.6 Å². The van der Waals surface area contributed by atoms with Crippen molar-refractivity contribution in [3.63, 3.8) is 0 Å². The van der Waals surface area contributed by atoms with Crippen LogP contribution in [0.4, 0.5) is 26.3 Å². The molecule has 2 aliphatic rings. The van der Waals surface area contributed by atoms with Crippen molar-refractivity contribution in [3.8, 4) is 0 Å². The number of alkyl halides is 6. The van der Waals surface area contributed by atoms with Gasteiger partial charge < -0.3 is 19.5 Å². The number of halogens is 10. The highest BCUT2D eigenvalue weighted by Gasteiger charge is 2.64. The van der Waals surface area contributed by atoms with Crippen molar-refractivity contribution in [2.24, 2.45) is 10.3 Å². The number of ether oxygens (including phenoxy) is 1. The Hall–Kier alpha value is -4.52. The molecule has 22 heteroatoms. The van der Waals surface area contributed by atoms with Crippen molar-refractivity contribution < 1.29 is 55.5 Å². The van der Waals surface area contributed by atoms with Gasteiger partial charge in [-0.3, -0.25) is 0 Å². The van der Waals surface area contributed by atoms with Gasteiger partial charge in [0.2, 0.25) is 0 Å². The fourth-order valence-electron chi connectivity index (χ4n) is 4.96. The van der Waals surface area contributed by atoms with E-state index in [9.17, 15) is 35.9 Å². The molecule has 52 heavy (non-hydrogen) atoms. The number of carbonyl (C=O) groups is 2. The van der Waals surface area contributed by atoms with E-state index in [0.29, 0.717) is 0 Å². The van der Waals surface area contributed by atoms with Gasteiger partial charge in [-0.1, -0.05) is 56.7 Å². The lowest BCUT2D eigenvalue weighted by Crippen LogP contribution is -2.43. The Morgan fingerprint density at radius 3 is 1.48 bits per heavy atom. The Balaban J connectivity index is 0.000000202. The van der Waals surface area contributed by atoms with Crippen LogP contribution in [0.1, 0.15) is 51.9 Å². The Morgan fingerprint density at radius 1 is 0.750 bits per heavy atom. The number of benzene rings is 2. The summed E-state index contributed by atoms with van der Waals surface area (Å²) in [7, 11) is 0. The average molecular weight is 816 g/mol. The van der Waals surface area contributed by atoms with E-state index in [-0.39, 0.29) is 60.9 Å². The van der Waals surface area contributed by atoms with Crippen LogP contribution in [0.5, 0.6) is 0 Å². The Bertz CT molecular complexity index is 2050. The zero-order chi connectivity index (χ0) is 38.2. The van der Waals surface area contributed by atoms with Crippen LogP contribution < -0.4 is 0 Å². The van der Waals surface area contributed by atoms with Crippen LogP contribution in [-0.4, -0.2) is 67.2 Å². The zero-order valence-corrected chi connectivity index (χ0v) is 28.9. The molecule has 2 aliphatic heterocycles. The second-order valence-electron chi connectivity index (χ2n) is 10.8. The third kappa shape index (κ3) is 7.65. The van der Waals surface area contributed by atoms with Crippen LogP contribution in [0.2, 0.25) is 20.1 Å². The number of hydrogen-bond donors (Lipinski definition) is 1. The zero-order valence-electron chi connectivity index (χ0n) is 25.8. The molecule has 2 unspecified atom stereocenters. The van der Waals surface area contributed by atoms with E-state index in [1.807, 2.05) is 0 Å². The molecule has 1 N–H and O–H groups in total. The summed E-state index contributed by atoms with van der Waals surface area (Å²) >= 11 is 23.3. The van der Waals surface area contributed by atoms with E-state index in [0.717, 1.165) is 39.7 Å². The van der Waals surface area contributed by atoms with E-state index in [1.54, 1.807) is 6.92 Å². The van der Waals surface area contributed by atoms with Crippen LogP contribution in [0.15, 0.2) is 71.2 Å². The summed E-state index contributed by atoms with van der Waals surface area (Å²) in [6.07, 6.45) is -8.58. The van der Waals surface area contributed by atoms with Crippen LogP contribution in [-0.2, 0) is 25.6 Å². The van der Waals surface area contributed by atoms with Crippen LogP contribution in [0.25, 0.3) is 0 Å². The standard InChI is InChI=1S/C16H12Cl2F3N3O3.C14H8Cl2F3N3O3/c1-2-26-14(25)12-3-4-24(22-12)13-8-15(27-23-13,16(19,20)21)9-5-10(17)7-11(18)6-9;15-8-3-7(4-9(16)5-8)13(14(17,18)19)6-11(21-25-13)22-2-1-10(20-22)12(23)24/h3-7H,2,8H2,1H3;1-5H,6H2,(H,23,24). The van der Waals surface area contributed by atoms with Gasteiger partial charge in [0.1, 0.15) is 0 Å². The van der Waals surface area contributed by atoms with Crippen molar-refractivity contribution in [2.45, 2.75) is 43.3 Å². The topological polar surface area (TPSA) is 142 Å². The maximum Gasteiger partial charge on any atom is 0.435 e. The summed E-state index contributed by atoms with van der Waals surface area (Å²) in [5.41, 5.74) is -6.57. The number of rotatable bonds is 5. The molecule has 2 aromatic heterocycles. The number of aromatic nitrogens is 4. The Morgan fingerprint density at radius 2 is 1.13 bits per heavy atom. The van der Waals surface area contributed by atoms with E-state index >= 15 is 0 Å². The number of nitrogens with zero attached hydrogens (tertiary/aromatic N) is 6. The lowest BCUT2D eigenvalue weighted by molar-refractivity contribution is -0.276. The third-order valence-electron chi connectivity index (χ3n) is 7.41. The second-order valence-corrected chi connectivity index (χ2v) is 12.6. The van der Waals surface area contributed by atoms with Gasteiger partial charge >= 0.3 is 24.3 Å². The largest absolute Gasteiger partial charge is 0.476 e. The number of aromatic carboxylic acids is 1. The van der Waals surface area contributed by atoms with Crippen molar-refractivity contribution in [1.29, 1.82) is 0 Å². The SMILES string of the molecule is CCOC(=O)c1ccn(C2=NOC(c3cc(Cl)cc(Cl)c3)(C(F)(F)F)C2)n1.O=C(O)c1ccn(C2=NOC(c3cc(Cl)cc(Cl)c3)(C(F)(F)F)C2)n1. The molecule has 4 heterocycles. The van der Waals surface area contributed by atoms with Gasteiger partial charge in [0.15, 0.2) is 23.1 Å². The van der Waals surface area contributed by atoms with Gasteiger partial charge in [-0.2, -0.15) is 36.5 Å². The molecule has 0 amide bonds. The molecule has 6 rings (SSSR count). The predicted molar refractivity (Wildman–Crippen MR) is 173 cm³/mol. The molecule has 0 aliphatic carbocycles. The van der Waals surface area contributed by atoms with Crippen LogP contribution >= 0.6 is 46.4 Å². The highest BCUT2D eigenvalue weighted by atomic mass is 35.5. The van der Waals surface area contributed by atoms with Crippen LogP contribution in [0, 0.1) is 0 Å². The first-order chi connectivity index (χ1) is 24.3. The average Bonchev–Trinajstić information content (AvgIpc) is 3.85. The molecule has 0 saturated heterocycles. The number of carbonyl (C=O) groups excluding carboxylic acids is 1. The summed E-state index contributed by atoms with van der Waals surface area (Å²) in [5, 5.41) is 23.5. The quantitative estimate of drug-likeness (QED) is 0.157. The molecular formula is C30H20Cl4F6N6O6. The van der Waals surface area contributed by atoms with Crippen LogP contribution in [0.3, 0.4) is 0 Å². The minimum absolute atomic E-state index is 0.00966. The summed E-state index contributed by atoms with van der Waals surface area (Å²) in [6, 6.07) is 9.46. The van der Waals surface area contributed by atoms with Gasteiger partial charge in [-0.15, -0.1) is 0 Å². The minimum atomic E-state index is -4.84. The fraction of sp³-hybridized carbons (Fsp3) is 0.267. The molecule has 0 fully saturated rings. The lowest BCUT2D eigenvalue weighted by atomic mass is 9.89. The molecule has 0 radical (unpaired) electrons. The summed E-state index contributed by atoms with van der Waals surface area (Å²) in [5.74, 6) is -2.36. The highest BCUT2D eigenvalue weighted by molar-refractivity contribution is 6.35. The number of oxime groups is 2. The molecule has 2 aromatic carbocycles. The highest BCUT2D eigenvalue weighted by Crippen LogP contribution is 2.50. The molecule has 0 saturated carbocycles. The molecule has 276 valence electrons. The molecular weight excluding hydrogens is 796 g/mol. The maximum absolute atomic E-state index is 13.9. The van der Waals surface area contributed by atoms with Gasteiger partial charge in [0.05, 0.1) is 19.4 Å². The minimum Gasteiger partial charge on any atom is -0.476 e. The molecule has 12 nitrogen and oxygen atoms in total. The fourth-order valence-corrected chi connectivity index (χ4v) is 6.01.